The van der Waals surface area contributed by atoms with Gasteiger partial charge < -0.3 is 4.90 Å². The van der Waals surface area contributed by atoms with Crippen LogP contribution < -0.4 is 14.7 Å². The normalized spacial score (nSPS) is 29.2. The summed E-state index contributed by atoms with van der Waals surface area (Å²) in [6, 6.07) is 27.3. The first-order valence-corrected chi connectivity index (χ1v) is 14.8. The Bertz CT molecular complexity index is 1920. The van der Waals surface area contributed by atoms with E-state index < -0.39 is 70.4 Å². The van der Waals surface area contributed by atoms with Crippen LogP contribution in [0, 0.1) is 41.2 Å². The van der Waals surface area contributed by atoms with E-state index >= 15 is 0 Å². The molecular weight excluding hydrogens is 576 g/mol. The highest BCUT2D eigenvalue weighted by atomic mass is 19.1. The van der Waals surface area contributed by atoms with E-state index in [1.54, 1.807) is 0 Å². The highest BCUT2D eigenvalue weighted by Crippen LogP contribution is 2.71. The third-order valence-corrected chi connectivity index (χ3v) is 10.3. The maximum absolute atomic E-state index is 14.8. The number of imide groups is 2. The number of allylic oxidation sites excluding steroid dienone is 1. The van der Waals surface area contributed by atoms with Gasteiger partial charge in [0.15, 0.2) is 0 Å². The fourth-order valence-electron chi connectivity index (χ4n) is 8.79. The summed E-state index contributed by atoms with van der Waals surface area (Å²) in [6.07, 6.45) is 1.93. The molecule has 10 rings (SSSR count). The van der Waals surface area contributed by atoms with Crippen LogP contribution in [0.25, 0.3) is 5.57 Å². The molecule has 9 heteroatoms. The number of carbonyl (C=O) groups is 4. The van der Waals surface area contributed by atoms with Crippen molar-refractivity contribution in [2.24, 2.45) is 29.6 Å². The van der Waals surface area contributed by atoms with E-state index in [0.29, 0.717) is 5.69 Å². The van der Waals surface area contributed by atoms with Crippen LogP contribution in [-0.2, 0) is 19.2 Å². The van der Waals surface area contributed by atoms with Gasteiger partial charge in [0, 0.05) is 22.9 Å². The van der Waals surface area contributed by atoms with Gasteiger partial charge in [0.2, 0.25) is 23.6 Å². The number of hydrogen-bond acceptors (Lipinski definition) is 5. The molecule has 3 aliphatic carbocycles. The number of nitrogens with zero attached hydrogens (tertiary/aromatic N) is 3. The number of carbonyl (C=O) groups excluding carboxylic acids is 4. The van der Waals surface area contributed by atoms with Crippen LogP contribution in [0.4, 0.5) is 31.5 Å². The Morgan fingerprint density at radius 3 is 1.56 bits per heavy atom. The van der Waals surface area contributed by atoms with Crippen molar-refractivity contribution in [2.45, 2.75) is 5.54 Å². The van der Waals surface area contributed by atoms with Crippen molar-refractivity contribution in [3.8, 4) is 0 Å². The molecule has 2 saturated heterocycles. The molecule has 2 bridgehead atoms. The summed E-state index contributed by atoms with van der Waals surface area (Å²) in [7, 11) is 0. The zero-order valence-corrected chi connectivity index (χ0v) is 23.5. The van der Waals surface area contributed by atoms with Crippen molar-refractivity contribution in [3.63, 3.8) is 0 Å². The Kier molecular flexibility index (Phi) is 5.09. The average Bonchev–Trinajstić information content (AvgIpc) is 3.62. The van der Waals surface area contributed by atoms with Crippen LogP contribution in [-0.4, -0.2) is 29.2 Å². The fraction of sp³-hybridized carbons (Fsp3) is 0.167. The average molecular weight is 600 g/mol. The van der Waals surface area contributed by atoms with Crippen molar-refractivity contribution in [1.29, 1.82) is 0 Å². The van der Waals surface area contributed by atoms with Crippen LogP contribution in [0.1, 0.15) is 5.56 Å². The Balaban J connectivity index is 1.32. The van der Waals surface area contributed by atoms with Crippen LogP contribution in [0.2, 0.25) is 0 Å². The molecule has 7 nitrogen and oxygen atoms in total. The molecule has 6 atom stereocenters. The maximum Gasteiger partial charge on any atom is 0.240 e. The van der Waals surface area contributed by atoms with Gasteiger partial charge in [-0.25, -0.2) is 18.6 Å². The lowest BCUT2D eigenvalue weighted by atomic mass is 9.47. The summed E-state index contributed by atoms with van der Waals surface area (Å²) >= 11 is 0. The van der Waals surface area contributed by atoms with Gasteiger partial charge in [0.1, 0.15) is 11.6 Å². The molecule has 4 aromatic carbocycles. The Labute approximate surface area is 256 Å². The van der Waals surface area contributed by atoms with Gasteiger partial charge in [0.25, 0.3) is 0 Å². The molecule has 3 fully saturated rings. The summed E-state index contributed by atoms with van der Waals surface area (Å²) < 4.78 is 27.8. The minimum Gasteiger partial charge on any atom is -0.329 e. The molecule has 220 valence electrons. The molecule has 4 amide bonds. The van der Waals surface area contributed by atoms with E-state index in [0.717, 1.165) is 26.6 Å². The molecule has 1 saturated carbocycles. The first kappa shape index (κ1) is 26.0. The topological polar surface area (TPSA) is 78.0 Å². The minimum atomic E-state index is -1.43. The van der Waals surface area contributed by atoms with Gasteiger partial charge in [-0.1, -0.05) is 42.5 Å². The van der Waals surface area contributed by atoms with Crippen molar-refractivity contribution in [2.75, 3.05) is 14.7 Å². The third-order valence-electron chi connectivity index (χ3n) is 10.3. The lowest BCUT2D eigenvalue weighted by molar-refractivity contribution is -0.138. The molecule has 3 aliphatic heterocycles. The minimum absolute atomic E-state index is 0.232. The van der Waals surface area contributed by atoms with Crippen LogP contribution in [0.15, 0.2) is 109 Å². The quantitative estimate of drug-likeness (QED) is 0.291. The van der Waals surface area contributed by atoms with Crippen molar-refractivity contribution in [3.05, 3.63) is 126 Å². The molecule has 3 unspecified atom stereocenters. The number of halogens is 2. The standard InChI is InChI=1S/C36H23F2N3O4/c37-19-10-14-21(15-11-19)39-32(42)28-25-18-26-24-8-4-5-9-27(24)41(23-6-2-1-3-7-23)36(26,30(28)34(39)44)31-29(25)33(43)40(35(31)45)22-16-12-20(38)13-17-22/h1-18,25,28-31H/t25?,28-,29?,30+,31-,36?/m0/s1. The van der Waals surface area contributed by atoms with Gasteiger partial charge in [-0.15, -0.1) is 0 Å². The predicted molar refractivity (Wildman–Crippen MR) is 161 cm³/mol. The second-order valence-corrected chi connectivity index (χ2v) is 12.2. The Morgan fingerprint density at radius 2 is 1.02 bits per heavy atom. The molecule has 0 aromatic heterocycles. The van der Waals surface area contributed by atoms with Crippen LogP contribution in [0.5, 0.6) is 0 Å². The van der Waals surface area contributed by atoms with E-state index in [9.17, 15) is 28.0 Å². The SMILES string of the molecule is O=C1C2C3C=C4c5ccccc5N(c5ccccc5)C4([C@@H]2C(=O)N1c1ccc(F)cc1)[C@H]1C(=O)N(c2ccc(F)cc2)C(=O)[C@@H]31. The van der Waals surface area contributed by atoms with E-state index in [4.69, 9.17) is 0 Å². The number of hydrogen-bond donors (Lipinski definition) is 0. The van der Waals surface area contributed by atoms with Gasteiger partial charge in [0.05, 0.1) is 40.6 Å². The second-order valence-electron chi connectivity index (χ2n) is 12.2. The van der Waals surface area contributed by atoms with E-state index in [1.807, 2.05) is 65.6 Å². The van der Waals surface area contributed by atoms with Crippen molar-refractivity contribution >= 4 is 52.0 Å². The molecule has 0 radical (unpaired) electrons. The highest BCUT2D eigenvalue weighted by Gasteiger charge is 2.80. The van der Waals surface area contributed by atoms with Gasteiger partial charge in [-0.2, -0.15) is 0 Å². The molecule has 6 aliphatic rings. The molecule has 3 heterocycles. The molecule has 4 aromatic rings. The number of rotatable bonds is 3. The Morgan fingerprint density at radius 1 is 0.533 bits per heavy atom. The third kappa shape index (κ3) is 3.07. The van der Waals surface area contributed by atoms with E-state index in [2.05, 4.69) is 0 Å². The lowest BCUT2D eigenvalue weighted by Crippen LogP contribution is -2.68. The first-order valence-electron chi connectivity index (χ1n) is 14.8. The number of amides is 4. The van der Waals surface area contributed by atoms with Gasteiger partial charge in [-0.3, -0.25) is 19.2 Å². The van der Waals surface area contributed by atoms with Gasteiger partial charge >= 0.3 is 0 Å². The monoisotopic (exact) mass is 599 g/mol. The predicted octanol–water partition coefficient (Wildman–Crippen LogP) is 5.49. The Hall–Kier alpha value is -5.44. The maximum atomic E-state index is 14.8. The molecule has 45 heavy (non-hydrogen) atoms. The van der Waals surface area contributed by atoms with E-state index in [-0.39, 0.29) is 11.4 Å². The second kappa shape index (κ2) is 8.81. The highest BCUT2D eigenvalue weighted by molar-refractivity contribution is 6.29. The summed E-state index contributed by atoms with van der Waals surface area (Å²) in [4.78, 5) is 62.5. The molecular formula is C36H23F2N3O4. The number of fused-ring (bicyclic) bond motifs is 1. The van der Waals surface area contributed by atoms with Crippen molar-refractivity contribution in [1.82, 2.24) is 0 Å². The smallest absolute Gasteiger partial charge is 0.240 e. The summed E-state index contributed by atoms with van der Waals surface area (Å²) in [5, 5.41) is 0. The lowest BCUT2D eigenvalue weighted by Gasteiger charge is -2.57. The van der Waals surface area contributed by atoms with Crippen LogP contribution >= 0.6 is 0 Å². The summed E-state index contributed by atoms with van der Waals surface area (Å²) in [5.41, 5.74) is 2.05. The largest absolute Gasteiger partial charge is 0.329 e. The van der Waals surface area contributed by atoms with Crippen LogP contribution in [0.3, 0.4) is 0 Å². The fourth-order valence-corrected chi connectivity index (χ4v) is 8.79. The van der Waals surface area contributed by atoms with Crippen molar-refractivity contribution < 1.29 is 28.0 Å². The van der Waals surface area contributed by atoms with E-state index in [1.165, 1.54) is 48.5 Å². The number of para-hydroxylation sites is 2. The number of anilines is 4. The number of benzene rings is 4. The molecule has 0 N–H and O–H groups in total. The summed E-state index contributed by atoms with van der Waals surface area (Å²) in [5.74, 6) is -7.70. The zero-order valence-electron chi connectivity index (χ0n) is 23.5. The first-order chi connectivity index (χ1) is 21.8. The summed E-state index contributed by atoms with van der Waals surface area (Å²) in [6.45, 7) is 0. The van der Waals surface area contributed by atoms with Gasteiger partial charge in [-0.05, 0) is 72.3 Å². The zero-order chi connectivity index (χ0) is 30.8. The molecule has 1 spiro atoms.